The first kappa shape index (κ1) is 16.3. The van der Waals surface area contributed by atoms with E-state index in [0.29, 0.717) is 31.5 Å². The van der Waals surface area contributed by atoms with Gasteiger partial charge in [-0.25, -0.2) is 17.5 Å². The Balaban J connectivity index is 1.52. The van der Waals surface area contributed by atoms with Gasteiger partial charge in [-0.2, -0.15) is 0 Å². The van der Waals surface area contributed by atoms with Gasteiger partial charge in [0.25, 0.3) is 0 Å². The van der Waals surface area contributed by atoms with Crippen molar-refractivity contribution in [3.8, 4) is 0 Å². The number of nitrogens with zero attached hydrogens (tertiary/aromatic N) is 1. The molecule has 1 fully saturated rings. The van der Waals surface area contributed by atoms with E-state index in [1.165, 1.54) is 4.31 Å². The van der Waals surface area contributed by atoms with Crippen LogP contribution in [0.2, 0.25) is 0 Å². The number of rotatable bonds is 3. The molecule has 0 aromatic heterocycles. The van der Waals surface area contributed by atoms with Crippen LogP contribution in [0.5, 0.6) is 0 Å². The molecule has 1 spiro atoms. The molecular formula is C19H19NO4S. The lowest BCUT2D eigenvalue weighted by Crippen LogP contribution is -2.45. The molecule has 0 saturated carbocycles. The van der Waals surface area contributed by atoms with Gasteiger partial charge in [-0.1, -0.05) is 48.5 Å². The highest BCUT2D eigenvalue weighted by Crippen LogP contribution is 2.44. The summed E-state index contributed by atoms with van der Waals surface area (Å²) in [6.07, 6.45) is 0.980. The molecule has 25 heavy (non-hydrogen) atoms. The molecule has 2 aromatic rings. The summed E-state index contributed by atoms with van der Waals surface area (Å²) in [7, 11) is -3.38. The van der Waals surface area contributed by atoms with E-state index in [0.717, 1.165) is 11.1 Å². The average Bonchev–Trinajstić information content (AvgIpc) is 2.88. The van der Waals surface area contributed by atoms with Gasteiger partial charge in [-0.15, -0.1) is 0 Å². The minimum atomic E-state index is -3.38. The van der Waals surface area contributed by atoms with Crippen molar-refractivity contribution in [1.29, 1.82) is 0 Å². The largest absolute Gasteiger partial charge is 0.450 e. The lowest BCUT2D eigenvalue weighted by molar-refractivity contribution is -0.0329. The van der Waals surface area contributed by atoms with Crippen molar-refractivity contribution in [3.05, 3.63) is 71.3 Å². The molecule has 0 atom stereocenters. The fraction of sp³-hybridized carbons (Fsp3) is 0.316. The lowest BCUT2D eigenvalue weighted by atomic mass is 9.84. The zero-order valence-corrected chi connectivity index (χ0v) is 14.5. The fourth-order valence-corrected chi connectivity index (χ4v) is 5.25. The maximum Gasteiger partial charge on any atom is 0.339 e. The molecule has 2 aliphatic heterocycles. The molecule has 4 rings (SSSR count). The van der Waals surface area contributed by atoms with Crippen LogP contribution in [-0.2, 0) is 26.1 Å². The number of ether oxygens (including phenoxy) is 1. The number of carbonyl (C=O) groups excluding carboxylic acids is 1. The molecular weight excluding hydrogens is 338 g/mol. The molecule has 0 N–H and O–H groups in total. The van der Waals surface area contributed by atoms with E-state index < -0.39 is 15.6 Å². The summed E-state index contributed by atoms with van der Waals surface area (Å²) in [5.41, 5.74) is 1.59. The summed E-state index contributed by atoms with van der Waals surface area (Å²) in [5.74, 6) is -0.312. The highest BCUT2D eigenvalue weighted by atomic mass is 32.2. The summed E-state index contributed by atoms with van der Waals surface area (Å²) in [6, 6.07) is 16.6. The molecule has 5 nitrogen and oxygen atoms in total. The molecule has 0 aliphatic carbocycles. The van der Waals surface area contributed by atoms with Gasteiger partial charge >= 0.3 is 5.97 Å². The van der Waals surface area contributed by atoms with Gasteiger partial charge in [0.1, 0.15) is 5.60 Å². The number of hydrogen-bond acceptors (Lipinski definition) is 4. The van der Waals surface area contributed by atoms with Crippen molar-refractivity contribution >= 4 is 16.0 Å². The van der Waals surface area contributed by atoms with Crippen molar-refractivity contribution in [1.82, 2.24) is 4.31 Å². The molecule has 2 aromatic carbocycles. The van der Waals surface area contributed by atoms with Crippen LogP contribution in [0.25, 0.3) is 0 Å². The molecule has 1 saturated heterocycles. The summed E-state index contributed by atoms with van der Waals surface area (Å²) < 4.78 is 32.6. The molecule has 130 valence electrons. The number of esters is 1. The Bertz CT molecular complexity index is 900. The molecule has 2 heterocycles. The standard InChI is InChI=1S/C19H19NO4S/c21-18-16-8-4-5-9-17(16)19(24-18)10-12-20(13-11-19)25(22,23)14-15-6-2-1-3-7-15/h1-9H,10-14H2. The Labute approximate surface area is 147 Å². The smallest absolute Gasteiger partial charge is 0.339 e. The Morgan fingerprint density at radius 1 is 0.960 bits per heavy atom. The van der Waals surface area contributed by atoms with Crippen molar-refractivity contribution < 1.29 is 17.9 Å². The van der Waals surface area contributed by atoms with E-state index in [9.17, 15) is 13.2 Å². The fourth-order valence-electron chi connectivity index (χ4n) is 3.72. The highest BCUT2D eigenvalue weighted by molar-refractivity contribution is 7.88. The Morgan fingerprint density at radius 2 is 1.60 bits per heavy atom. The Kier molecular flexibility index (Phi) is 3.89. The van der Waals surface area contributed by atoms with E-state index in [-0.39, 0.29) is 11.7 Å². The second-order valence-electron chi connectivity index (χ2n) is 6.57. The molecule has 2 aliphatic rings. The van der Waals surface area contributed by atoms with Crippen molar-refractivity contribution in [2.24, 2.45) is 0 Å². The number of carbonyl (C=O) groups is 1. The first-order valence-corrected chi connectivity index (χ1v) is 9.96. The third-order valence-electron chi connectivity index (χ3n) is 5.04. The Morgan fingerprint density at radius 3 is 2.32 bits per heavy atom. The van der Waals surface area contributed by atoms with Crippen LogP contribution in [0.15, 0.2) is 54.6 Å². The predicted molar refractivity (Wildman–Crippen MR) is 93.4 cm³/mol. The monoisotopic (exact) mass is 357 g/mol. The number of fused-ring (bicyclic) bond motifs is 2. The van der Waals surface area contributed by atoms with Crippen LogP contribution >= 0.6 is 0 Å². The molecule has 0 bridgehead atoms. The first-order chi connectivity index (χ1) is 12.0. The van der Waals surface area contributed by atoms with Crippen LogP contribution in [0.4, 0.5) is 0 Å². The van der Waals surface area contributed by atoms with Gasteiger partial charge in [-0.05, 0) is 11.6 Å². The van der Waals surface area contributed by atoms with E-state index in [1.807, 2.05) is 48.5 Å². The van der Waals surface area contributed by atoms with Gasteiger partial charge in [-0.3, -0.25) is 0 Å². The number of hydrogen-bond donors (Lipinski definition) is 0. The second-order valence-corrected chi connectivity index (χ2v) is 8.54. The van der Waals surface area contributed by atoms with E-state index >= 15 is 0 Å². The third kappa shape index (κ3) is 2.85. The molecule has 0 amide bonds. The predicted octanol–water partition coefficient (Wildman–Crippen LogP) is 2.68. The summed E-state index contributed by atoms with van der Waals surface area (Å²) in [4.78, 5) is 12.1. The van der Waals surface area contributed by atoms with Crippen LogP contribution in [0.1, 0.15) is 34.3 Å². The number of piperidine rings is 1. The number of benzene rings is 2. The third-order valence-corrected chi connectivity index (χ3v) is 6.89. The lowest BCUT2D eigenvalue weighted by Gasteiger charge is -2.37. The minimum absolute atomic E-state index is 0.00276. The van der Waals surface area contributed by atoms with Crippen LogP contribution < -0.4 is 0 Å². The quantitative estimate of drug-likeness (QED) is 0.793. The zero-order chi connectivity index (χ0) is 17.5. The SMILES string of the molecule is O=C1OC2(CCN(S(=O)(=O)Cc3ccccc3)CC2)c2ccccc21. The molecule has 0 unspecified atom stereocenters. The van der Waals surface area contributed by atoms with Gasteiger partial charge in [0.05, 0.1) is 11.3 Å². The van der Waals surface area contributed by atoms with E-state index in [4.69, 9.17) is 4.74 Å². The van der Waals surface area contributed by atoms with Crippen molar-refractivity contribution in [2.45, 2.75) is 24.2 Å². The molecule has 0 radical (unpaired) electrons. The first-order valence-electron chi connectivity index (χ1n) is 8.35. The van der Waals surface area contributed by atoms with E-state index in [1.54, 1.807) is 6.07 Å². The number of sulfonamides is 1. The summed E-state index contributed by atoms with van der Waals surface area (Å²) in [5, 5.41) is 0. The van der Waals surface area contributed by atoms with E-state index in [2.05, 4.69) is 0 Å². The highest BCUT2D eigenvalue weighted by Gasteiger charge is 2.48. The summed E-state index contributed by atoms with van der Waals surface area (Å²) >= 11 is 0. The maximum absolute atomic E-state index is 12.7. The molecule has 6 heteroatoms. The van der Waals surface area contributed by atoms with Crippen molar-refractivity contribution in [3.63, 3.8) is 0 Å². The summed E-state index contributed by atoms with van der Waals surface area (Å²) in [6.45, 7) is 0.716. The van der Waals surface area contributed by atoms with Gasteiger partial charge in [0.2, 0.25) is 10.0 Å². The zero-order valence-electron chi connectivity index (χ0n) is 13.7. The van der Waals surface area contributed by atoms with Crippen LogP contribution in [0.3, 0.4) is 0 Å². The van der Waals surface area contributed by atoms with Gasteiger partial charge in [0, 0.05) is 31.5 Å². The second kappa shape index (κ2) is 5.97. The van der Waals surface area contributed by atoms with Crippen LogP contribution in [0, 0.1) is 0 Å². The Hall–Kier alpha value is -2.18. The normalized spacial score (nSPS) is 19.6. The average molecular weight is 357 g/mol. The van der Waals surface area contributed by atoms with Crippen LogP contribution in [-0.4, -0.2) is 31.8 Å². The van der Waals surface area contributed by atoms with Crippen molar-refractivity contribution in [2.75, 3.05) is 13.1 Å². The van der Waals surface area contributed by atoms with Gasteiger partial charge in [0.15, 0.2) is 0 Å². The topological polar surface area (TPSA) is 63.7 Å². The van der Waals surface area contributed by atoms with Gasteiger partial charge < -0.3 is 4.74 Å². The minimum Gasteiger partial charge on any atom is -0.450 e. The maximum atomic E-state index is 12.7.